The van der Waals surface area contributed by atoms with Crippen LogP contribution in [0.4, 0.5) is 0 Å². The van der Waals surface area contributed by atoms with Crippen LogP contribution in [0.25, 0.3) is 0 Å². The molecule has 0 spiro atoms. The molecule has 0 aliphatic heterocycles. The van der Waals surface area contributed by atoms with Crippen molar-refractivity contribution in [2.45, 2.75) is 484 Å². The average molecular weight is 1550 g/mol. The van der Waals surface area contributed by atoms with E-state index in [1.807, 2.05) is 0 Å². The number of hydrogen-bond donors (Lipinski definition) is 3. The van der Waals surface area contributed by atoms with E-state index in [9.17, 15) is 43.2 Å². The van der Waals surface area contributed by atoms with Gasteiger partial charge in [-0.25, -0.2) is 9.13 Å². The second-order valence-electron chi connectivity index (χ2n) is 32.2. The van der Waals surface area contributed by atoms with Gasteiger partial charge in [0, 0.05) is 25.7 Å². The van der Waals surface area contributed by atoms with Crippen molar-refractivity contribution in [3.05, 3.63) is 0 Å². The lowest BCUT2D eigenvalue weighted by molar-refractivity contribution is -0.161. The van der Waals surface area contributed by atoms with Crippen LogP contribution in [0.5, 0.6) is 0 Å². The Balaban J connectivity index is 5.24. The van der Waals surface area contributed by atoms with Crippen LogP contribution in [0, 0.1) is 11.8 Å². The first-order chi connectivity index (χ1) is 51.4. The van der Waals surface area contributed by atoms with Gasteiger partial charge in [0.2, 0.25) is 0 Å². The normalized spacial score (nSPS) is 13.8. The summed E-state index contributed by atoms with van der Waals surface area (Å²) in [5.74, 6) is -0.580. The molecule has 0 aliphatic carbocycles. The monoisotopic (exact) mass is 1550 g/mol. The third-order valence-electron chi connectivity index (χ3n) is 20.5. The first kappa shape index (κ1) is 104. The fourth-order valence-corrected chi connectivity index (χ4v) is 15.2. The minimum Gasteiger partial charge on any atom is -0.462 e. The topological polar surface area (TPSA) is 237 Å². The zero-order chi connectivity index (χ0) is 77.8. The number of hydrogen-bond acceptors (Lipinski definition) is 15. The summed E-state index contributed by atoms with van der Waals surface area (Å²) in [6, 6.07) is 0. The molecule has 0 heterocycles. The number of phosphoric ester groups is 2. The van der Waals surface area contributed by atoms with Crippen molar-refractivity contribution in [2.75, 3.05) is 39.6 Å². The van der Waals surface area contributed by atoms with Gasteiger partial charge in [-0.2, -0.15) is 0 Å². The Kier molecular flexibility index (Phi) is 76.9. The van der Waals surface area contributed by atoms with Gasteiger partial charge in [0.05, 0.1) is 26.4 Å². The summed E-state index contributed by atoms with van der Waals surface area (Å²) in [5, 5.41) is 10.7. The molecule has 0 saturated heterocycles. The number of carbonyl (C=O) groups excluding carboxylic acids is 4. The number of unbranched alkanes of at least 4 members (excludes halogenated alkanes) is 56. The van der Waals surface area contributed by atoms with Crippen LogP contribution >= 0.6 is 15.6 Å². The van der Waals surface area contributed by atoms with Crippen molar-refractivity contribution in [2.24, 2.45) is 11.8 Å². The molecule has 5 atom stereocenters. The van der Waals surface area contributed by atoms with Crippen LogP contribution in [0.1, 0.15) is 465 Å². The maximum Gasteiger partial charge on any atom is 0.472 e. The highest BCUT2D eigenvalue weighted by molar-refractivity contribution is 7.47. The minimum absolute atomic E-state index is 0.107. The molecule has 0 fully saturated rings. The van der Waals surface area contributed by atoms with E-state index >= 15 is 0 Å². The maximum atomic E-state index is 13.2. The Morgan fingerprint density at radius 3 is 0.642 bits per heavy atom. The van der Waals surface area contributed by atoms with Crippen molar-refractivity contribution in [1.29, 1.82) is 0 Å². The van der Waals surface area contributed by atoms with Crippen LogP contribution in [-0.2, 0) is 65.4 Å². The van der Waals surface area contributed by atoms with E-state index < -0.39 is 97.5 Å². The molecule has 0 saturated carbocycles. The molecule has 2 unspecified atom stereocenters. The second-order valence-corrected chi connectivity index (χ2v) is 35.1. The molecule has 3 N–H and O–H groups in total. The van der Waals surface area contributed by atoms with E-state index in [2.05, 4.69) is 41.5 Å². The van der Waals surface area contributed by atoms with E-state index in [0.29, 0.717) is 25.7 Å². The summed E-state index contributed by atoms with van der Waals surface area (Å²) < 4.78 is 68.9. The highest BCUT2D eigenvalue weighted by atomic mass is 31.2. The number of phosphoric acid groups is 2. The van der Waals surface area contributed by atoms with Crippen molar-refractivity contribution in [3.63, 3.8) is 0 Å². The van der Waals surface area contributed by atoms with E-state index in [4.69, 9.17) is 37.0 Å². The Morgan fingerprint density at radius 1 is 0.255 bits per heavy atom. The third-order valence-corrected chi connectivity index (χ3v) is 22.4. The SMILES string of the molecule is CCCCCCCCCCCCCCCCCCCCCCC(=O)O[C@H](COC(=O)CCCCCCCCCCCCCCCCCCCC)COP(=O)(O)OC[C@@H](O)COP(=O)(O)OC[C@@H](COC(=O)CCCCCCCCCCC(C)C)OC(=O)CCCCCCCCCCCCCCCCC(C)C. The van der Waals surface area contributed by atoms with Crippen molar-refractivity contribution < 1.29 is 80.2 Å². The Labute approximate surface area is 651 Å². The highest BCUT2D eigenvalue weighted by Crippen LogP contribution is 2.45. The van der Waals surface area contributed by atoms with Crippen molar-refractivity contribution in [3.8, 4) is 0 Å². The zero-order valence-corrected chi connectivity index (χ0v) is 71.5. The molecule has 19 heteroatoms. The predicted octanol–water partition coefficient (Wildman–Crippen LogP) is 26.6. The van der Waals surface area contributed by atoms with Gasteiger partial charge < -0.3 is 33.8 Å². The summed E-state index contributed by atoms with van der Waals surface area (Å²) in [6.07, 6.45) is 70.9. The summed E-state index contributed by atoms with van der Waals surface area (Å²) >= 11 is 0. The number of ether oxygens (including phenoxy) is 4. The minimum atomic E-state index is -4.97. The van der Waals surface area contributed by atoms with Gasteiger partial charge in [-0.15, -0.1) is 0 Å². The third kappa shape index (κ3) is 80.1. The van der Waals surface area contributed by atoms with Crippen LogP contribution in [-0.4, -0.2) is 96.7 Å². The molecule has 0 amide bonds. The number of carbonyl (C=O) groups is 4. The fourth-order valence-electron chi connectivity index (χ4n) is 13.6. The van der Waals surface area contributed by atoms with E-state index in [1.54, 1.807) is 0 Å². The van der Waals surface area contributed by atoms with Crippen molar-refractivity contribution >= 4 is 39.5 Å². The number of aliphatic hydroxyl groups excluding tert-OH is 1. The first-order valence-electron chi connectivity index (χ1n) is 45.0. The smallest absolute Gasteiger partial charge is 0.462 e. The molecule has 0 aromatic heterocycles. The quantitative estimate of drug-likeness (QED) is 0.0222. The number of rotatable bonds is 86. The van der Waals surface area contributed by atoms with Crippen LogP contribution in [0.3, 0.4) is 0 Å². The summed E-state index contributed by atoms with van der Waals surface area (Å²) in [4.78, 5) is 73.3. The molecule has 0 aliphatic rings. The highest BCUT2D eigenvalue weighted by Gasteiger charge is 2.30. The first-order valence-corrected chi connectivity index (χ1v) is 48.0. The van der Waals surface area contributed by atoms with Gasteiger partial charge in [0.1, 0.15) is 19.3 Å². The lowest BCUT2D eigenvalue weighted by Crippen LogP contribution is -2.30. The molecular weight excluding hydrogens is 1380 g/mol. The summed E-state index contributed by atoms with van der Waals surface area (Å²) in [5.41, 5.74) is 0. The Morgan fingerprint density at radius 2 is 0.434 bits per heavy atom. The zero-order valence-electron chi connectivity index (χ0n) is 69.7. The summed E-state index contributed by atoms with van der Waals surface area (Å²) in [6.45, 7) is 9.67. The molecule has 0 radical (unpaired) electrons. The lowest BCUT2D eigenvalue weighted by Gasteiger charge is -2.21. The van der Waals surface area contributed by atoms with Crippen LogP contribution < -0.4 is 0 Å². The van der Waals surface area contributed by atoms with Gasteiger partial charge >= 0.3 is 39.5 Å². The standard InChI is InChI=1S/C87H170O17P2/c1-7-9-11-13-15-17-19-21-23-25-27-28-30-32-37-41-45-53-59-65-71-86(91)103-82(75-97-84(89)69-63-57-51-44-40-36-31-29-26-24-22-20-18-16-14-12-10-8-2)77-101-105(93,94)99-73-81(88)74-100-106(95,96)102-78-83(76-98-85(90)70-64-58-52-48-47-50-56-62-68-80(5)6)104-87(92)72-66-60-54-46-42-38-34-33-35-39-43-49-55-61-67-79(3)4/h79-83,88H,7-78H2,1-6H3,(H,93,94)(H,95,96)/t81-,82-,83-/m1/s1. The second kappa shape index (κ2) is 78.3. The van der Waals surface area contributed by atoms with E-state index in [0.717, 1.165) is 102 Å². The van der Waals surface area contributed by atoms with Gasteiger partial charge in [0.15, 0.2) is 12.2 Å². The summed E-state index contributed by atoms with van der Waals surface area (Å²) in [7, 11) is -9.93. The maximum absolute atomic E-state index is 13.2. The van der Waals surface area contributed by atoms with Gasteiger partial charge in [-0.1, -0.05) is 414 Å². The number of esters is 4. The van der Waals surface area contributed by atoms with E-state index in [1.165, 1.54) is 283 Å². The molecule has 17 nitrogen and oxygen atoms in total. The Bertz CT molecular complexity index is 2030. The van der Waals surface area contributed by atoms with Crippen LogP contribution in [0.2, 0.25) is 0 Å². The number of aliphatic hydroxyl groups is 1. The largest absolute Gasteiger partial charge is 0.472 e. The van der Waals surface area contributed by atoms with Gasteiger partial charge in [-0.3, -0.25) is 37.3 Å². The molecule has 0 aromatic carbocycles. The molecule has 0 rings (SSSR count). The Hall–Kier alpha value is -1.94. The molecule has 106 heavy (non-hydrogen) atoms. The fraction of sp³-hybridized carbons (Fsp3) is 0.954. The van der Waals surface area contributed by atoms with Gasteiger partial charge in [-0.05, 0) is 37.5 Å². The molecular formula is C87H170O17P2. The van der Waals surface area contributed by atoms with Crippen molar-refractivity contribution in [1.82, 2.24) is 0 Å². The van der Waals surface area contributed by atoms with E-state index in [-0.39, 0.29) is 25.7 Å². The lowest BCUT2D eigenvalue weighted by atomic mass is 10.0. The van der Waals surface area contributed by atoms with Gasteiger partial charge in [0.25, 0.3) is 0 Å². The molecule has 630 valence electrons. The molecule has 0 aromatic rings. The average Bonchev–Trinajstić information content (AvgIpc) is 0.901. The predicted molar refractivity (Wildman–Crippen MR) is 437 cm³/mol. The molecule has 0 bridgehead atoms. The van der Waals surface area contributed by atoms with Crippen LogP contribution in [0.15, 0.2) is 0 Å².